The first-order valence-electron chi connectivity index (χ1n) is 7.20. The molecule has 122 valence electrons. The van der Waals surface area contributed by atoms with Gasteiger partial charge in [-0.1, -0.05) is 12.1 Å². The summed E-state index contributed by atoms with van der Waals surface area (Å²) in [4.78, 5) is 24.2. The van der Waals surface area contributed by atoms with Crippen LogP contribution in [0.4, 0.5) is 5.69 Å². The molecule has 2 aromatic rings. The molecule has 0 saturated carbocycles. The molecule has 0 heterocycles. The Balaban J connectivity index is 2.00. The van der Waals surface area contributed by atoms with Crippen LogP contribution >= 0.6 is 0 Å². The fourth-order valence-corrected chi connectivity index (χ4v) is 1.93. The number of anilines is 1. The van der Waals surface area contributed by atoms with Crippen LogP contribution in [0.25, 0.3) is 0 Å². The second-order valence-electron chi connectivity index (χ2n) is 4.92. The van der Waals surface area contributed by atoms with E-state index in [1.54, 1.807) is 48.5 Å². The Labute approximate surface area is 139 Å². The predicted octanol–water partition coefficient (Wildman–Crippen LogP) is 2.75. The lowest BCUT2D eigenvalue weighted by molar-refractivity contribution is -0.123. The maximum atomic E-state index is 12.1. The van der Waals surface area contributed by atoms with Gasteiger partial charge in [-0.05, 0) is 43.3 Å². The van der Waals surface area contributed by atoms with Gasteiger partial charge >= 0.3 is 5.97 Å². The molecule has 1 atom stereocenters. The van der Waals surface area contributed by atoms with Crippen LogP contribution in [0.3, 0.4) is 0 Å². The lowest BCUT2D eigenvalue weighted by Crippen LogP contribution is -2.30. The third-order valence-corrected chi connectivity index (χ3v) is 3.28. The quantitative estimate of drug-likeness (QED) is 0.854. The van der Waals surface area contributed by atoms with E-state index in [0.717, 1.165) is 0 Å². The van der Waals surface area contributed by atoms with Crippen molar-refractivity contribution in [1.82, 2.24) is 0 Å². The van der Waals surface area contributed by atoms with Crippen LogP contribution in [0.2, 0.25) is 0 Å². The summed E-state index contributed by atoms with van der Waals surface area (Å²) < 4.78 is 10.2. The molecule has 6 heteroatoms. The van der Waals surface area contributed by atoms with Gasteiger partial charge in [0.25, 0.3) is 5.91 Å². The summed E-state index contributed by atoms with van der Waals surface area (Å²) in [6, 6.07) is 14.9. The van der Waals surface area contributed by atoms with Crippen molar-refractivity contribution in [1.29, 1.82) is 5.26 Å². The summed E-state index contributed by atoms with van der Waals surface area (Å²) in [6.45, 7) is 1.46. The molecule has 0 aliphatic carbocycles. The number of nitrogens with zero attached hydrogens (tertiary/aromatic N) is 1. The number of hydrogen-bond donors (Lipinski definition) is 1. The van der Waals surface area contributed by atoms with E-state index < -0.39 is 18.0 Å². The lowest BCUT2D eigenvalue weighted by Gasteiger charge is -2.14. The van der Waals surface area contributed by atoms with E-state index in [9.17, 15) is 9.59 Å². The van der Waals surface area contributed by atoms with Gasteiger partial charge in [0.15, 0.2) is 6.10 Å². The number of ether oxygens (including phenoxy) is 2. The summed E-state index contributed by atoms with van der Waals surface area (Å²) in [6.07, 6.45) is -1.01. The van der Waals surface area contributed by atoms with Crippen LogP contribution in [0.5, 0.6) is 5.75 Å². The van der Waals surface area contributed by atoms with E-state index in [2.05, 4.69) is 5.32 Å². The molecule has 1 amide bonds. The molecule has 0 saturated heterocycles. The van der Waals surface area contributed by atoms with Gasteiger partial charge in [-0.2, -0.15) is 5.26 Å². The highest BCUT2D eigenvalue weighted by Gasteiger charge is 2.19. The molecule has 1 N–H and O–H groups in total. The number of methoxy groups -OCH3 is 1. The third kappa shape index (κ3) is 4.11. The number of nitrogens with one attached hydrogen (secondary N) is 1. The number of benzene rings is 2. The SMILES string of the molecule is COc1ccc(C(=O)O[C@@H](C)C(=O)Nc2ccccc2C#N)cc1. The summed E-state index contributed by atoms with van der Waals surface area (Å²) in [5, 5.41) is 11.6. The number of carbonyl (C=O) groups is 2. The van der Waals surface area contributed by atoms with Gasteiger partial charge in [0, 0.05) is 0 Å². The summed E-state index contributed by atoms with van der Waals surface area (Å²) in [7, 11) is 1.53. The van der Waals surface area contributed by atoms with Gasteiger partial charge in [0.2, 0.25) is 0 Å². The molecule has 0 spiro atoms. The molecule has 2 aromatic carbocycles. The Morgan fingerprint density at radius 2 is 1.79 bits per heavy atom. The van der Waals surface area contributed by atoms with Gasteiger partial charge in [-0.25, -0.2) is 4.79 Å². The van der Waals surface area contributed by atoms with Crippen molar-refractivity contribution < 1.29 is 19.1 Å². The van der Waals surface area contributed by atoms with Crippen molar-refractivity contribution in [3.63, 3.8) is 0 Å². The topological polar surface area (TPSA) is 88.4 Å². The maximum Gasteiger partial charge on any atom is 0.338 e. The van der Waals surface area contributed by atoms with Crippen molar-refractivity contribution >= 4 is 17.6 Å². The first kappa shape index (κ1) is 17.0. The minimum Gasteiger partial charge on any atom is -0.497 e. The van der Waals surface area contributed by atoms with Crippen molar-refractivity contribution in [3.05, 3.63) is 59.7 Å². The molecule has 0 radical (unpaired) electrons. The fraction of sp³-hybridized carbons (Fsp3) is 0.167. The van der Waals surface area contributed by atoms with E-state index in [1.165, 1.54) is 14.0 Å². The Bertz CT molecular complexity index is 778. The van der Waals surface area contributed by atoms with E-state index >= 15 is 0 Å². The zero-order chi connectivity index (χ0) is 17.5. The average molecular weight is 324 g/mol. The van der Waals surface area contributed by atoms with Crippen LogP contribution in [0, 0.1) is 11.3 Å². The standard InChI is InChI=1S/C18H16N2O4/c1-12(17(21)20-16-6-4-3-5-14(16)11-19)24-18(22)13-7-9-15(23-2)10-8-13/h3-10,12H,1-2H3,(H,20,21)/t12-/m0/s1. The lowest BCUT2D eigenvalue weighted by atomic mass is 10.2. The van der Waals surface area contributed by atoms with E-state index in [0.29, 0.717) is 22.6 Å². The Hall–Kier alpha value is -3.33. The largest absolute Gasteiger partial charge is 0.497 e. The predicted molar refractivity (Wildman–Crippen MR) is 87.7 cm³/mol. The van der Waals surface area contributed by atoms with Crippen LogP contribution in [-0.4, -0.2) is 25.1 Å². The van der Waals surface area contributed by atoms with E-state index in [4.69, 9.17) is 14.7 Å². The molecule has 0 aliphatic heterocycles. The van der Waals surface area contributed by atoms with Crippen molar-refractivity contribution in [3.8, 4) is 11.8 Å². The van der Waals surface area contributed by atoms with Gasteiger partial charge < -0.3 is 14.8 Å². The molecular weight excluding hydrogens is 308 g/mol. The minimum atomic E-state index is -1.01. The van der Waals surface area contributed by atoms with Gasteiger partial charge in [0.05, 0.1) is 23.9 Å². The zero-order valence-corrected chi connectivity index (χ0v) is 13.3. The van der Waals surface area contributed by atoms with Crippen molar-refractivity contribution in [2.45, 2.75) is 13.0 Å². The second kappa shape index (κ2) is 7.79. The first-order valence-corrected chi connectivity index (χ1v) is 7.20. The molecule has 0 aliphatic rings. The van der Waals surface area contributed by atoms with E-state index in [-0.39, 0.29) is 0 Å². The Morgan fingerprint density at radius 1 is 1.12 bits per heavy atom. The van der Waals surface area contributed by atoms with Crippen LogP contribution < -0.4 is 10.1 Å². The fourth-order valence-electron chi connectivity index (χ4n) is 1.93. The highest BCUT2D eigenvalue weighted by molar-refractivity contribution is 5.98. The molecule has 0 unspecified atom stereocenters. The maximum absolute atomic E-state index is 12.1. The van der Waals surface area contributed by atoms with E-state index in [1.807, 2.05) is 6.07 Å². The van der Waals surface area contributed by atoms with Crippen molar-refractivity contribution in [2.75, 3.05) is 12.4 Å². The normalized spacial score (nSPS) is 11.0. The zero-order valence-electron chi connectivity index (χ0n) is 13.3. The molecule has 0 bridgehead atoms. The Kier molecular flexibility index (Phi) is 5.53. The number of nitriles is 1. The van der Waals surface area contributed by atoms with Gasteiger partial charge in [0.1, 0.15) is 11.8 Å². The minimum absolute atomic E-state index is 0.313. The molecule has 0 fully saturated rings. The molecule has 24 heavy (non-hydrogen) atoms. The number of carbonyl (C=O) groups excluding carboxylic acids is 2. The van der Waals surface area contributed by atoms with Crippen LogP contribution in [0.15, 0.2) is 48.5 Å². The number of amides is 1. The molecule has 2 rings (SSSR count). The number of rotatable bonds is 5. The smallest absolute Gasteiger partial charge is 0.338 e. The second-order valence-corrected chi connectivity index (χ2v) is 4.92. The number of esters is 1. The average Bonchev–Trinajstić information content (AvgIpc) is 2.62. The number of para-hydroxylation sites is 1. The molecule has 0 aromatic heterocycles. The molecular formula is C18H16N2O4. The van der Waals surface area contributed by atoms with Crippen LogP contribution in [0.1, 0.15) is 22.8 Å². The summed E-state index contributed by atoms with van der Waals surface area (Å²) in [5.41, 5.74) is 1.02. The first-order chi connectivity index (χ1) is 11.5. The molecule has 6 nitrogen and oxygen atoms in total. The monoisotopic (exact) mass is 324 g/mol. The van der Waals surface area contributed by atoms with Gasteiger partial charge in [-0.15, -0.1) is 0 Å². The third-order valence-electron chi connectivity index (χ3n) is 3.28. The van der Waals surface area contributed by atoms with Crippen molar-refractivity contribution in [2.24, 2.45) is 0 Å². The van der Waals surface area contributed by atoms with Crippen LogP contribution in [-0.2, 0) is 9.53 Å². The highest BCUT2D eigenvalue weighted by Crippen LogP contribution is 2.15. The highest BCUT2D eigenvalue weighted by atomic mass is 16.5. The van der Waals surface area contributed by atoms with Gasteiger partial charge in [-0.3, -0.25) is 4.79 Å². The number of hydrogen-bond acceptors (Lipinski definition) is 5. The Morgan fingerprint density at radius 3 is 2.42 bits per heavy atom. The summed E-state index contributed by atoms with van der Waals surface area (Å²) in [5.74, 6) is -0.515. The summed E-state index contributed by atoms with van der Waals surface area (Å²) >= 11 is 0.